The smallest absolute Gasteiger partial charge is 0.345 e. The van der Waals surface area contributed by atoms with E-state index in [-0.39, 0.29) is 31.8 Å². The number of carbonyl (C=O) groups excluding carboxylic acids is 5. The van der Waals surface area contributed by atoms with E-state index in [9.17, 15) is 45.9 Å². The monoisotopic (exact) mass is 851 g/mol. The van der Waals surface area contributed by atoms with Crippen molar-refractivity contribution in [3.63, 3.8) is 0 Å². The summed E-state index contributed by atoms with van der Waals surface area (Å²) in [7, 11) is 4.30. The molecule has 2 aromatic heterocycles. The standard InChI is InChI=1S/C41H38F5N7O6S/c1-23(39(56)49-20-9-13-31(54)51(3)21-18-32(55)59-38-36(45)34(43)33(42)35(44)37(38)46)52(4)41(58)53-29-22-25(60-30-12-6-5-11-27(30)40(57)47-2)15-16-26(29)28(50-53)17-14-24-10-7-8-19-48-24/h5-8,10-12,14-17,19,22-23H,9,13,18,20-21H2,1-4H3,(H,47,57)(H,49,56)/b17-14+/t23-/m0/s1. The number of carbonyl (C=O) groups is 5. The topological polar surface area (TPSA) is 156 Å². The number of amides is 4. The van der Waals surface area contributed by atoms with Crippen LogP contribution in [0.5, 0.6) is 5.75 Å². The average Bonchev–Trinajstić information content (AvgIpc) is 3.63. The highest BCUT2D eigenvalue weighted by molar-refractivity contribution is 7.99. The van der Waals surface area contributed by atoms with Gasteiger partial charge in [0.25, 0.3) is 5.91 Å². The minimum absolute atomic E-state index is 0.0261. The Kier molecular flexibility index (Phi) is 14.7. The molecule has 0 bridgehead atoms. The van der Waals surface area contributed by atoms with Gasteiger partial charge in [0.05, 0.1) is 28.9 Å². The van der Waals surface area contributed by atoms with Crippen LogP contribution < -0.4 is 15.4 Å². The first-order valence-electron chi connectivity index (χ1n) is 18.2. The number of halogens is 5. The number of nitrogens with zero attached hydrogens (tertiary/aromatic N) is 5. The van der Waals surface area contributed by atoms with Crippen LogP contribution in [0.4, 0.5) is 26.7 Å². The maximum absolute atomic E-state index is 14.0. The summed E-state index contributed by atoms with van der Waals surface area (Å²) in [6.45, 7) is 1.23. The summed E-state index contributed by atoms with van der Waals surface area (Å²) in [6.07, 6.45) is 4.54. The first kappa shape index (κ1) is 44.5. The largest absolute Gasteiger partial charge is 0.420 e. The van der Waals surface area contributed by atoms with E-state index in [2.05, 4.69) is 25.5 Å². The van der Waals surface area contributed by atoms with Crippen LogP contribution in [-0.2, 0) is 14.4 Å². The van der Waals surface area contributed by atoms with Gasteiger partial charge in [-0.25, -0.2) is 18.0 Å². The van der Waals surface area contributed by atoms with Crippen LogP contribution in [-0.4, -0.2) is 94.6 Å². The molecule has 4 amide bonds. The molecule has 314 valence electrons. The molecular formula is C41H38F5N7O6S. The second-order valence-corrected chi connectivity index (χ2v) is 14.3. The summed E-state index contributed by atoms with van der Waals surface area (Å²) in [5, 5.41) is 10.6. The number of likely N-dealkylation sites (N-methyl/N-ethyl adjacent to an activating group) is 1. The first-order chi connectivity index (χ1) is 28.6. The van der Waals surface area contributed by atoms with Crippen LogP contribution in [0.25, 0.3) is 23.1 Å². The molecule has 1 atom stereocenters. The third kappa shape index (κ3) is 10.3. The Bertz CT molecular complexity index is 2440. The minimum Gasteiger partial charge on any atom is -0.420 e. The zero-order valence-electron chi connectivity index (χ0n) is 32.6. The van der Waals surface area contributed by atoms with Crippen LogP contribution in [0.15, 0.2) is 76.7 Å². The van der Waals surface area contributed by atoms with Gasteiger partial charge in [-0.05, 0) is 68.0 Å². The molecule has 5 rings (SSSR count). The van der Waals surface area contributed by atoms with E-state index in [4.69, 9.17) is 0 Å². The summed E-state index contributed by atoms with van der Waals surface area (Å²) in [5.41, 5.74) is 2.04. The van der Waals surface area contributed by atoms with Crippen LogP contribution in [0.2, 0.25) is 0 Å². The van der Waals surface area contributed by atoms with E-state index in [0.29, 0.717) is 37.6 Å². The van der Waals surface area contributed by atoms with Gasteiger partial charge in [0.2, 0.25) is 46.6 Å². The van der Waals surface area contributed by atoms with Crippen LogP contribution >= 0.6 is 11.8 Å². The molecule has 0 aliphatic rings. The molecule has 3 aromatic carbocycles. The lowest BCUT2D eigenvalue weighted by Gasteiger charge is -2.24. The third-order valence-corrected chi connectivity index (χ3v) is 10.2. The van der Waals surface area contributed by atoms with Crippen molar-refractivity contribution in [1.29, 1.82) is 0 Å². The van der Waals surface area contributed by atoms with Gasteiger partial charge in [0.1, 0.15) is 6.04 Å². The van der Waals surface area contributed by atoms with Crippen molar-refractivity contribution in [2.45, 2.75) is 42.0 Å². The zero-order chi connectivity index (χ0) is 43.7. The highest BCUT2D eigenvalue weighted by Crippen LogP contribution is 2.34. The lowest BCUT2D eigenvalue weighted by Crippen LogP contribution is -2.47. The summed E-state index contributed by atoms with van der Waals surface area (Å²) in [5.74, 6) is -15.9. The molecule has 13 nitrogen and oxygen atoms in total. The van der Waals surface area contributed by atoms with E-state index in [1.807, 2.05) is 36.4 Å². The molecule has 0 spiro atoms. The summed E-state index contributed by atoms with van der Waals surface area (Å²) < 4.78 is 73.3. The Labute approximate surface area is 344 Å². The van der Waals surface area contributed by atoms with E-state index < -0.39 is 71.1 Å². The molecule has 0 unspecified atom stereocenters. The number of pyridine rings is 1. The van der Waals surface area contributed by atoms with E-state index >= 15 is 0 Å². The molecule has 0 aliphatic heterocycles. The molecule has 2 N–H and O–H groups in total. The highest BCUT2D eigenvalue weighted by Gasteiger charge is 2.29. The van der Waals surface area contributed by atoms with Crippen molar-refractivity contribution in [2.75, 3.05) is 34.2 Å². The van der Waals surface area contributed by atoms with Gasteiger partial charge in [-0.15, -0.1) is 0 Å². The number of ether oxygens (including phenoxy) is 1. The maximum atomic E-state index is 14.0. The number of fused-ring (bicyclic) bond motifs is 1. The molecule has 0 aliphatic carbocycles. The van der Waals surface area contributed by atoms with Gasteiger partial charge in [0, 0.05) is 62.0 Å². The van der Waals surface area contributed by atoms with E-state index in [1.54, 1.807) is 49.7 Å². The molecule has 60 heavy (non-hydrogen) atoms. The molecule has 19 heteroatoms. The van der Waals surface area contributed by atoms with Gasteiger partial charge in [-0.1, -0.05) is 30.0 Å². The highest BCUT2D eigenvalue weighted by atomic mass is 32.2. The molecule has 5 aromatic rings. The molecule has 0 radical (unpaired) electrons. The maximum Gasteiger partial charge on any atom is 0.345 e. The number of benzene rings is 3. The van der Waals surface area contributed by atoms with Gasteiger partial charge in [-0.2, -0.15) is 18.6 Å². The Morgan fingerprint density at radius 3 is 2.25 bits per heavy atom. The number of rotatable bonds is 15. The number of hydrogen-bond donors (Lipinski definition) is 2. The number of hydrogen-bond acceptors (Lipinski definition) is 9. The van der Waals surface area contributed by atoms with Crippen molar-refractivity contribution in [3.05, 3.63) is 113 Å². The fraction of sp³-hybridized carbons (Fsp3) is 0.244. The molecule has 0 saturated carbocycles. The minimum atomic E-state index is -2.40. The van der Waals surface area contributed by atoms with E-state index in [1.165, 1.54) is 42.4 Å². The second kappa shape index (κ2) is 19.9. The predicted molar refractivity (Wildman–Crippen MR) is 211 cm³/mol. The quantitative estimate of drug-likeness (QED) is 0.0302. The van der Waals surface area contributed by atoms with Crippen molar-refractivity contribution in [3.8, 4) is 5.75 Å². The van der Waals surface area contributed by atoms with Crippen LogP contribution in [0.1, 0.15) is 47.9 Å². The normalized spacial score (nSPS) is 11.7. The predicted octanol–water partition coefficient (Wildman–Crippen LogP) is 6.45. The fourth-order valence-corrected chi connectivity index (χ4v) is 6.58. The Morgan fingerprint density at radius 2 is 1.57 bits per heavy atom. The first-order valence-corrected chi connectivity index (χ1v) is 19.1. The van der Waals surface area contributed by atoms with Crippen LogP contribution in [0.3, 0.4) is 0 Å². The number of aromatic nitrogens is 3. The third-order valence-electron chi connectivity index (χ3n) is 9.14. The Balaban J connectivity index is 1.20. The lowest BCUT2D eigenvalue weighted by molar-refractivity contribution is -0.136. The van der Waals surface area contributed by atoms with Crippen molar-refractivity contribution in [2.24, 2.45) is 0 Å². The average molecular weight is 852 g/mol. The molecular weight excluding hydrogens is 814 g/mol. The Morgan fingerprint density at radius 1 is 0.883 bits per heavy atom. The number of esters is 1. The molecule has 2 heterocycles. The van der Waals surface area contributed by atoms with Gasteiger partial charge >= 0.3 is 12.0 Å². The second-order valence-electron chi connectivity index (χ2n) is 13.1. The molecule has 0 fully saturated rings. The number of nitrogens with one attached hydrogen (secondary N) is 2. The van der Waals surface area contributed by atoms with Crippen molar-refractivity contribution < 1.29 is 50.7 Å². The Hall–Kier alpha value is -6.63. The summed E-state index contributed by atoms with van der Waals surface area (Å²) in [6, 6.07) is 16.3. The van der Waals surface area contributed by atoms with Crippen molar-refractivity contribution >= 4 is 64.5 Å². The molecule has 0 saturated heterocycles. The van der Waals surface area contributed by atoms with Gasteiger partial charge < -0.3 is 25.2 Å². The zero-order valence-corrected chi connectivity index (χ0v) is 33.4. The van der Waals surface area contributed by atoms with E-state index in [0.717, 1.165) is 4.90 Å². The SMILES string of the molecule is CNC(=O)c1ccccc1Sc1ccc2c(/C=C/c3ccccn3)nn(C(=O)N(C)[C@@H](C)C(=O)NCCCC(=O)N(C)CCC(=O)Oc3c(F)c(F)c(F)c(F)c3F)c2c1. The van der Waals surface area contributed by atoms with Crippen LogP contribution in [0, 0.1) is 29.1 Å². The summed E-state index contributed by atoms with van der Waals surface area (Å²) in [4.78, 5) is 72.4. The van der Waals surface area contributed by atoms with Gasteiger partial charge in [0.15, 0.2) is 0 Å². The van der Waals surface area contributed by atoms with Gasteiger partial charge in [-0.3, -0.25) is 24.2 Å². The van der Waals surface area contributed by atoms with Crippen molar-refractivity contribution in [1.82, 2.24) is 35.2 Å². The fourth-order valence-electron chi connectivity index (χ4n) is 5.60. The lowest BCUT2D eigenvalue weighted by atomic mass is 10.2. The summed E-state index contributed by atoms with van der Waals surface area (Å²) >= 11 is 1.33.